The minimum absolute atomic E-state index is 0.0388. The van der Waals surface area contributed by atoms with Gasteiger partial charge in [0.1, 0.15) is 11.3 Å². The Balaban J connectivity index is 1.92. The molecular weight excluding hydrogens is 351 g/mol. The largest absolute Gasteiger partial charge is 0.433 e. The highest BCUT2D eigenvalue weighted by atomic mass is 19.4. The second kappa shape index (κ2) is 5.76. The summed E-state index contributed by atoms with van der Waals surface area (Å²) in [5, 5.41) is 4.09. The van der Waals surface area contributed by atoms with Crippen molar-refractivity contribution < 1.29 is 17.7 Å². The first-order valence-electron chi connectivity index (χ1n) is 7.27. The van der Waals surface area contributed by atoms with Crippen LogP contribution in [0.1, 0.15) is 5.69 Å². The van der Waals surface area contributed by atoms with Crippen LogP contribution in [0.2, 0.25) is 0 Å². The van der Waals surface area contributed by atoms with E-state index in [-0.39, 0.29) is 28.4 Å². The van der Waals surface area contributed by atoms with Crippen LogP contribution in [-0.2, 0) is 6.18 Å². The van der Waals surface area contributed by atoms with Gasteiger partial charge in [-0.15, -0.1) is 0 Å². The van der Waals surface area contributed by atoms with Crippen molar-refractivity contribution in [3.8, 4) is 22.8 Å². The summed E-state index contributed by atoms with van der Waals surface area (Å²) >= 11 is 0. The molecule has 4 rings (SSSR count). The van der Waals surface area contributed by atoms with Gasteiger partial charge in [0, 0.05) is 11.6 Å². The van der Waals surface area contributed by atoms with Gasteiger partial charge in [0.2, 0.25) is 5.82 Å². The van der Waals surface area contributed by atoms with Gasteiger partial charge in [0.15, 0.2) is 0 Å². The van der Waals surface area contributed by atoms with E-state index in [1.165, 1.54) is 18.6 Å². The third-order valence-electron chi connectivity index (χ3n) is 3.62. The number of nitrogens with one attached hydrogen (secondary N) is 1. The summed E-state index contributed by atoms with van der Waals surface area (Å²) in [5.41, 5.74) is -1.33. The summed E-state index contributed by atoms with van der Waals surface area (Å²) in [7, 11) is 0. The number of rotatable bonds is 2. The van der Waals surface area contributed by atoms with Crippen molar-refractivity contribution in [3.05, 3.63) is 58.9 Å². The number of hydrogen-bond acceptors (Lipinski definition) is 6. The highest BCUT2D eigenvalue weighted by molar-refractivity contribution is 5.92. The third kappa shape index (κ3) is 2.70. The lowest BCUT2D eigenvalue weighted by Gasteiger charge is -2.09. The number of para-hydroxylation sites is 1. The van der Waals surface area contributed by atoms with E-state index >= 15 is 0 Å². The highest BCUT2D eigenvalue weighted by Gasteiger charge is 2.34. The molecule has 10 heteroatoms. The molecule has 1 aromatic carbocycles. The zero-order valence-electron chi connectivity index (χ0n) is 12.8. The SMILES string of the molecule is O=c1[nH]cncc1-c1noc(-c2cc(C(F)(F)F)nc3ccccc23)n1. The molecule has 0 fully saturated rings. The molecular formula is C16H8F3N5O2. The van der Waals surface area contributed by atoms with Gasteiger partial charge < -0.3 is 9.51 Å². The Hall–Kier alpha value is -3.56. The number of pyridine rings is 1. The average molecular weight is 359 g/mol. The molecule has 1 N–H and O–H groups in total. The Labute approximate surface area is 142 Å². The number of halogens is 3. The standard InChI is InChI=1S/C16H8F3N5O2/c17-16(18,19)12-5-9(8-3-1-2-4-11(8)22-12)15-23-13(24-26-15)10-6-20-7-21-14(10)25/h1-7H,(H,20,21,25). The summed E-state index contributed by atoms with van der Waals surface area (Å²) in [6, 6.07) is 7.13. The van der Waals surface area contributed by atoms with Crippen LogP contribution in [-0.4, -0.2) is 25.1 Å². The van der Waals surface area contributed by atoms with Crippen molar-refractivity contribution in [3.63, 3.8) is 0 Å². The molecule has 3 heterocycles. The maximum absolute atomic E-state index is 13.2. The lowest BCUT2D eigenvalue weighted by atomic mass is 10.1. The van der Waals surface area contributed by atoms with Crippen LogP contribution in [0.15, 0.2) is 52.2 Å². The number of aromatic amines is 1. The maximum atomic E-state index is 13.2. The van der Waals surface area contributed by atoms with Crippen molar-refractivity contribution in [1.82, 2.24) is 25.1 Å². The summed E-state index contributed by atoms with van der Waals surface area (Å²) in [6.07, 6.45) is -2.21. The van der Waals surface area contributed by atoms with Crippen LogP contribution in [0.25, 0.3) is 33.7 Å². The van der Waals surface area contributed by atoms with E-state index in [4.69, 9.17) is 4.52 Å². The Morgan fingerprint density at radius 3 is 2.65 bits per heavy atom. The van der Waals surface area contributed by atoms with Crippen LogP contribution >= 0.6 is 0 Å². The molecule has 0 unspecified atom stereocenters. The van der Waals surface area contributed by atoms with E-state index in [1.807, 2.05) is 0 Å². The zero-order chi connectivity index (χ0) is 18.3. The summed E-state index contributed by atoms with van der Waals surface area (Å²) in [5.74, 6) is -0.240. The molecule has 0 atom stereocenters. The highest BCUT2D eigenvalue weighted by Crippen LogP contribution is 2.34. The van der Waals surface area contributed by atoms with Crippen LogP contribution in [0.4, 0.5) is 13.2 Å². The fraction of sp³-hybridized carbons (Fsp3) is 0.0625. The van der Waals surface area contributed by atoms with E-state index in [9.17, 15) is 18.0 Å². The van der Waals surface area contributed by atoms with Crippen LogP contribution in [0, 0.1) is 0 Å². The molecule has 0 saturated carbocycles. The average Bonchev–Trinajstić information content (AvgIpc) is 3.10. The normalized spacial score (nSPS) is 11.8. The Morgan fingerprint density at radius 2 is 1.88 bits per heavy atom. The minimum atomic E-state index is -4.64. The third-order valence-corrected chi connectivity index (χ3v) is 3.62. The quantitative estimate of drug-likeness (QED) is 0.591. The van der Waals surface area contributed by atoms with Crippen LogP contribution in [0.5, 0.6) is 0 Å². The number of aromatic nitrogens is 5. The van der Waals surface area contributed by atoms with Crippen molar-refractivity contribution in [2.75, 3.05) is 0 Å². The van der Waals surface area contributed by atoms with E-state index in [0.717, 1.165) is 6.07 Å². The maximum Gasteiger partial charge on any atom is 0.433 e. The number of benzene rings is 1. The lowest BCUT2D eigenvalue weighted by molar-refractivity contribution is -0.140. The molecule has 26 heavy (non-hydrogen) atoms. The van der Waals surface area contributed by atoms with Crippen LogP contribution in [0.3, 0.4) is 0 Å². The fourth-order valence-corrected chi connectivity index (χ4v) is 2.44. The molecule has 0 radical (unpaired) electrons. The molecule has 0 aliphatic carbocycles. The molecule has 0 spiro atoms. The van der Waals surface area contributed by atoms with Gasteiger partial charge in [0.05, 0.1) is 17.4 Å². The number of hydrogen-bond donors (Lipinski definition) is 1. The molecule has 3 aromatic heterocycles. The number of fused-ring (bicyclic) bond motifs is 1. The first-order valence-corrected chi connectivity index (χ1v) is 7.27. The van der Waals surface area contributed by atoms with Gasteiger partial charge in [-0.25, -0.2) is 9.97 Å². The summed E-state index contributed by atoms with van der Waals surface area (Å²) in [4.78, 5) is 25.6. The van der Waals surface area contributed by atoms with E-state index in [1.54, 1.807) is 18.2 Å². The van der Waals surface area contributed by atoms with Gasteiger partial charge in [-0.2, -0.15) is 18.2 Å². The van der Waals surface area contributed by atoms with Gasteiger partial charge in [-0.05, 0) is 12.1 Å². The van der Waals surface area contributed by atoms with Crippen molar-refractivity contribution >= 4 is 10.9 Å². The van der Waals surface area contributed by atoms with Gasteiger partial charge in [-0.3, -0.25) is 4.79 Å². The molecule has 7 nitrogen and oxygen atoms in total. The molecule has 0 aliphatic rings. The minimum Gasteiger partial charge on any atom is -0.334 e. The van der Waals surface area contributed by atoms with Gasteiger partial charge in [0.25, 0.3) is 11.4 Å². The number of nitrogens with zero attached hydrogens (tertiary/aromatic N) is 4. The smallest absolute Gasteiger partial charge is 0.334 e. The Kier molecular flexibility index (Phi) is 3.53. The van der Waals surface area contributed by atoms with Gasteiger partial charge >= 0.3 is 6.18 Å². The van der Waals surface area contributed by atoms with E-state index in [2.05, 4.69) is 25.1 Å². The molecule has 0 amide bonds. The fourth-order valence-electron chi connectivity index (χ4n) is 2.44. The summed E-state index contributed by atoms with van der Waals surface area (Å²) < 4.78 is 44.6. The first kappa shape index (κ1) is 15.9. The first-order chi connectivity index (χ1) is 12.4. The van der Waals surface area contributed by atoms with Crippen molar-refractivity contribution in [2.24, 2.45) is 0 Å². The Morgan fingerprint density at radius 1 is 1.08 bits per heavy atom. The number of H-pyrrole nitrogens is 1. The molecule has 130 valence electrons. The molecule has 4 aromatic rings. The summed E-state index contributed by atoms with van der Waals surface area (Å²) in [6.45, 7) is 0. The van der Waals surface area contributed by atoms with Crippen molar-refractivity contribution in [1.29, 1.82) is 0 Å². The second-order valence-corrected chi connectivity index (χ2v) is 5.29. The van der Waals surface area contributed by atoms with Crippen LogP contribution < -0.4 is 5.56 Å². The molecule has 0 aliphatic heterocycles. The predicted molar refractivity (Wildman–Crippen MR) is 83.9 cm³/mol. The lowest BCUT2D eigenvalue weighted by Crippen LogP contribution is -2.09. The van der Waals surface area contributed by atoms with Gasteiger partial charge in [-0.1, -0.05) is 23.4 Å². The van der Waals surface area contributed by atoms with Crippen molar-refractivity contribution in [2.45, 2.75) is 6.18 Å². The van der Waals surface area contributed by atoms with E-state index in [0.29, 0.717) is 5.39 Å². The predicted octanol–water partition coefficient (Wildman–Crippen LogP) is 3.05. The topological polar surface area (TPSA) is 97.6 Å². The van der Waals surface area contributed by atoms with E-state index < -0.39 is 17.4 Å². The molecule has 0 bridgehead atoms. The second-order valence-electron chi connectivity index (χ2n) is 5.29. The Bertz CT molecular complexity index is 1170. The molecule has 0 saturated heterocycles. The zero-order valence-corrected chi connectivity index (χ0v) is 12.8. The number of alkyl halides is 3. The monoisotopic (exact) mass is 359 g/mol.